The zero-order valence-corrected chi connectivity index (χ0v) is 25.4. The molecular formula is C33H37N3O5S. The highest BCUT2D eigenvalue weighted by molar-refractivity contribution is 8.16. The summed E-state index contributed by atoms with van der Waals surface area (Å²) in [6.45, 7) is 9.15. The molecule has 9 heteroatoms. The lowest BCUT2D eigenvalue weighted by Crippen LogP contribution is -2.44. The fourth-order valence-electron chi connectivity index (χ4n) is 5.78. The second kappa shape index (κ2) is 13.0. The van der Waals surface area contributed by atoms with Gasteiger partial charge in [0, 0.05) is 18.8 Å². The van der Waals surface area contributed by atoms with Gasteiger partial charge in [0.1, 0.15) is 6.61 Å². The van der Waals surface area contributed by atoms with Crippen molar-refractivity contribution in [3.05, 3.63) is 93.2 Å². The Kier molecular flexibility index (Phi) is 9.16. The van der Waals surface area contributed by atoms with E-state index in [1.54, 1.807) is 11.8 Å². The number of amidine groups is 1. The molecule has 2 aromatic rings. The summed E-state index contributed by atoms with van der Waals surface area (Å²) in [5.41, 5.74) is 5.86. The van der Waals surface area contributed by atoms with Crippen LogP contribution in [-0.4, -0.2) is 52.5 Å². The number of esters is 2. The van der Waals surface area contributed by atoms with Crippen LogP contribution >= 0.6 is 11.8 Å². The van der Waals surface area contributed by atoms with Crippen LogP contribution in [0.2, 0.25) is 0 Å². The number of allylic oxidation sites excluding steroid dienone is 1. The second-order valence-electron chi connectivity index (χ2n) is 10.9. The van der Waals surface area contributed by atoms with Crippen molar-refractivity contribution >= 4 is 34.8 Å². The summed E-state index contributed by atoms with van der Waals surface area (Å²) < 4.78 is 11.1. The Morgan fingerprint density at radius 2 is 1.83 bits per heavy atom. The summed E-state index contributed by atoms with van der Waals surface area (Å²) in [7, 11) is 0. The Bertz CT molecular complexity index is 1470. The lowest BCUT2D eigenvalue weighted by molar-refractivity contribution is -0.151. The molecule has 2 aromatic carbocycles. The Hall–Kier alpha value is -3.85. The molecule has 2 atom stereocenters. The molecular weight excluding hydrogens is 550 g/mol. The van der Waals surface area contributed by atoms with E-state index in [2.05, 4.69) is 6.07 Å². The van der Waals surface area contributed by atoms with Crippen LogP contribution in [0.5, 0.6) is 0 Å². The normalized spacial score (nSPS) is 20.1. The summed E-state index contributed by atoms with van der Waals surface area (Å²) >= 11 is 1.45. The summed E-state index contributed by atoms with van der Waals surface area (Å²) in [6.07, 6.45) is 1.61. The zero-order chi connectivity index (χ0) is 29.8. The molecule has 0 radical (unpaired) electrons. The summed E-state index contributed by atoms with van der Waals surface area (Å²) in [4.78, 5) is 48.3. The van der Waals surface area contributed by atoms with Crippen molar-refractivity contribution in [2.24, 2.45) is 10.9 Å². The lowest BCUT2D eigenvalue weighted by Gasteiger charge is -2.38. The largest absolute Gasteiger partial charge is 0.466 e. The summed E-state index contributed by atoms with van der Waals surface area (Å²) in [5.74, 6) is -1.04. The van der Waals surface area contributed by atoms with Crippen molar-refractivity contribution in [3.63, 3.8) is 0 Å². The molecule has 42 heavy (non-hydrogen) atoms. The number of amides is 1. The van der Waals surface area contributed by atoms with Crippen LogP contribution in [0, 0.1) is 19.8 Å². The first-order chi connectivity index (χ1) is 20.3. The number of carbonyl (C=O) groups is 3. The average molecular weight is 588 g/mol. The van der Waals surface area contributed by atoms with E-state index in [1.807, 2.05) is 73.5 Å². The number of aliphatic imine (C=N–C) groups is 1. The number of aryl methyl sites for hydroxylation is 2. The number of likely N-dealkylation sites (tertiary alicyclic amines) is 1. The molecule has 220 valence electrons. The highest BCUT2D eigenvalue weighted by Gasteiger charge is 2.42. The van der Waals surface area contributed by atoms with E-state index >= 15 is 0 Å². The maximum absolute atomic E-state index is 13.7. The third-order valence-corrected chi connectivity index (χ3v) is 8.77. The quantitative estimate of drug-likeness (QED) is 0.360. The van der Waals surface area contributed by atoms with Gasteiger partial charge >= 0.3 is 11.9 Å². The minimum absolute atomic E-state index is 0.0593. The van der Waals surface area contributed by atoms with Crippen LogP contribution < -0.4 is 0 Å². The molecule has 3 aliphatic heterocycles. The van der Waals surface area contributed by atoms with E-state index in [0.29, 0.717) is 31.0 Å². The second-order valence-corrected chi connectivity index (χ2v) is 11.8. The van der Waals surface area contributed by atoms with Gasteiger partial charge in [0.05, 0.1) is 36.3 Å². The molecule has 3 heterocycles. The van der Waals surface area contributed by atoms with Gasteiger partial charge in [-0.2, -0.15) is 0 Å². The Morgan fingerprint density at radius 1 is 1.05 bits per heavy atom. The minimum atomic E-state index is -0.496. The van der Waals surface area contributed by atoms with Gasteiger partial charge in [-0.05, 0) is 62.6 Å². The molecule has 2 unspecified atom stereocenters. The van der Waals surface area contributed by atoms with Crippen molar-refractivity contribution in [3.8, 4) is 0 Å². The Balaban J connectivity index is 1.42. The van der Waals surface area contributed by atoms with Crippen molar-refractivity contribution in [2.45, 2.75) is 59.6 Å². The Morgan fingerprint density at radius 3 is 2.57 bits per heavy atom. The third-order valence-electron chi connectivity index (χ3n) is 7.88. The maximum atomic E-state index is 13.7. The summed E-state index contributed by atoms with van der Waals surface area (Å²) in [5, 5.41) is 2.67. The maximum Gasteiger partial charge on any atom is 0.338 e. The monoisotopic (exact) mass is 587 g/mol. The van der Waals surface area contributed by atoms with Crippen molar-refractivity contribution in [2.75, 3.05) is 19.7 Å². The fourth-order valence-corrected chi connectivity index (χ4v) is 6.75. The number of hydrogen-bond acceptors (Lipinski definition) is 8. The number of hydrogen-bond donors (Lipinski definition) is 0. The molecule has 1 amide bonds. The predicted molar refractivity (Wildman–Crippen MR) is 163 cm³/mol. The molecule has 0 N–H and O–H groups in total. The number of piperidine rings is 1. The number of nitrogens with zero attached hydrogens (tertiary/aromatic N) is 3. The molecule has 0 aromatic heterocycles. The highest BCUT2D eigenvalue weighted by atomic mass is 32.2. The first-order valence-electron chi connectivity index (χ1n) is 14.4. The number of benzene rings is 2. The van der Waals surface area contributed by atoms with Gasteiger partial charge in [-0.1, -0.05) is 65.9 Å². The molecule has 1 saturated heterocycles. The minimum Gasteiger partial charge on any atom is -0.466 e. The Labute approximate surface area is 251 Å². The van der Waals surface area contributed by atoms with Gasteiger partial charge < -0.3 is 19.3 Å². The SMILES string of the molecule is CCOC(=O)C1CCCN(C(=O)CC2=CSC3=NC(C)=C(C(=O)OCc4ccccc4)C(c4ccc(C)cc4C)N23)C1. The first kappa shape index (κ1) is 29.6. The molecule has 0 spiro atoms. The van der Waals surface area contributed by atoms with Gasteiger partial charge in [0.25, 0.3) is 0 Å². The van der Waals surface area contributed by atoms with E-state index < -0.39 is 12.0 Å². The molecule has 0 aliphatic carbocycles. The molecule has 0 bridgehead atoms. The third kappa shape index (κ3) is 6.31. The topological polar surface area (TPSA) is 88.5 Å². The van der Waals surface area contributed by atoms with Crippen molar-refractivity contribution < 1.29 is 23.9 Å². The van der Waals surface area contributed by atoms with Crippen LogP contribution in [0.1, 0.15) is 61.4 Å². The van der Waals surface area contributed by atoms with Gasteiger partial charge in [0.15, 0.2) is 5.17 Å². The van der Waals surface area contributed by atoms with Crippen LogP contribution in [0.25, 0.3) is 0 Å². The van der Waals surface area contributed by atoms with Crippen LogP contribution in [0.15, 0.2) is 75.9 Å². The molecule has 0 saturated carbocycles. The van der Waals surface area contributed by atoms with Crippen molar-refractivity contribution in [1.29, 1.82) is 0 Å². The molecule has 5 rings (SSSR count). The predicted octanol–water partition coefficient (Wildman–Crippen LogP) is 5.81. The molecule has 3 aliphatic rings. The number of rotatable bonds is 8. The highest BCUT2D eigenvalue weighted by Crippen LogP contribution is 2.46. The van der Waals surface area contributed by atoms with Gasteiger partial charge in [-0.3, -0.25) is 9.59 Å². The number of ether oxygens (including phenoxy) is 2. The number of thioether (sulfide) groups is 1. The van der Waals surface area contributed by atoms with Gasteiger partial charge in [0.2, 0.25) is 5.91 Å². The number of fused-ring (bicyclic) bond motifs is 1. The molecule has 1 fully saturated rings. The van der Waals surface area contributed by atoms with Gasteiger partial charge in [-0.25, -0.2) is 9.79 Å². The van der Waals surface area contributed by atoms with Crippen LogP contribution in [0.4, 0.5) is 0 Å². The lowest BCUT2D eigenvalue weighted by atomic mass is 9.90. The fraction of sp³-hybridized carbons (Fsp3) is 0.394. The standard InChI is InChI=1S/C33H37N3O5S/c1-5-40-31(38)25-12-9-15-35(18-25)28(37)17-26-20-42-33-34-23(4)29(32(39)41-19-24-10-7-6-8-11-24)30(36(26)33)27-14-13-21(2)16-22(27)3/h6-8,10-11,13-14,16,20,25,30H,5,9,12,15,17-19H2,1-4H3. The van der Waals surface area contributed by atoms with Crippen LogP contribution in [0.3, 0.4) is 0 Å². The molecule has 8 nitrogen and oxygen atoms in total. The first-order valence-corrected chi connectivity index (χ1v) is 15.3. The van der Waals surface area contributed by atoms with E-state index in [9.17, 15) is 14.4 Å². The van der Waals surface area contributed by atoms with Crippen molar-refractivity contribution in [1.82, 2.24) is 9.80 Å². The van der Waals surface area contributed by atoms with E-state index in [0.717, 1.165) is 46.0 Å². The van der Waals surface area contributed by atoms with E-state index in [4.69, 9.17) is 14.5 Å². The summed E-state index contributed by atoms with van der Waals surface area (Å²) in [6, 6.07) is 15.3. The smallest absolute Gasteiger partial charge is 0.338 e. The average Bonchev–Trinajstić information content (AvgIpc) is 3.37. The van der Waals surface area contributed by atoms with E-state index in [-0.39, 0.29) is 30.8 Å². The van der Waals surface area contributed by atoms with E-state index in [1.165, 1.54) is 11.8 Å². The number of carbonyl (C=O) groups excluding carboxylic acids is 3. The van der Waals surface area contributed by atoms with Crippen LogP contribution in [-0.2, 0) is 30.5 Å². The zero-order valence-electron chi connectivity index (χ0n) is 24.6. The van der Waals surface area contributed by atoms with Gasteiger partial charge in [-0.15, -0.1) is 0 Å².